The third-order valence-corrected chi connectivity index (χ3v) is 3.08. The summed E-state index contributed by atoms with van der Waals surface area (Å²) in [5, 5.41) is 13.0. The molecule has 1 amide bonds. The Morgan fingerprint density at radius 2 is 2.05 bits per heavy atom. The van der Waals surface area contributed by atoms with Crippen LogP contribution in [0.3, 0.4) is 0 Å². The normalized spacial score (nSPS) is 12.3. The number of alkyl halides is 1. The molecule has 8 heteroatoms. The van der Waals surface area contributed by atoms with Crippen molar-refractivity contribution in [2.24, 2.45) is 5.92 Å². The van der Waals surface area contributed by atoms with Gasteiger partial charge in [0.2, 0.25) is 5.82 Å². The van der Waals surface area contributed by atoms with E-state index >= 15 is 0 Å². The van der Waals surface area contributed by atoms with E-state index in [1.54, 1.807) is 13.8 Å². The quantitative estimate of drug-likeness (QED) is 0.516. The van der Waals surface area contributed by atoms with E-state index in [2.05, 4.69) is 5.32 Å². The summed E-state index contributed by atoms with van der Waals surface area (Å²) in [6.45, 7) is 3.58. The fraction of sp³-hybridized carbons (Fsp3) is 0.417. The second-order valence-electron chi connectivity index (χ2n) is 4.52. The Morgan fingerprint density at radius 1 is 1.45 bits per heavy atom. The highest BCUT2D eigenvalue weighted by molar-refractivity contribution is 6.18. The number of nitro benzene ring substituents is 1. The lowest BCUT2D eigenvalue weighted by atomic mass is 10.1. The fourth-order valence-corrected chi connectivity index (χ4v) is 1.94. The highest BCUT2D eigenvalue weighted by atomic mass is 35.5. The number of benzene rings is 1. The van der Waals surface area contributed by atoms with Crippen molar-refractivity contribution in [1.29, 1.82) is 0 Å². The zero-order valence-electron chi connectivity index (χ0n) is 10.8. The number of hydrogen-bond acceptors (Lipinski definition) is 3. The monoisotopic (exact) mass is 306 g/mol. The first-order valence-electron chi connectivity index (χ1n) is 5.78. The SMILES string of the molecule is CC(C)C(CCl)NC(=O)c1cc(F)cc([N+](=O)[O-])c1F. The molecule has 0 radical (unpaired) electrons. The molecule has 1 atom stereocenters. The molecule has 0 bridgehead atoms. The lowest BCUT2D eigenvalue weighted by Crippen LogP contribution is -2.40. The van der Waals surface area contributed by atoms with Crippen molar-refractivity contribution in [3.8, 4) is 0 Å². The maximum Gasteiger partial charge on any atom is 0.308 e. The van der Waals surface area contributed by atoms with Gasteiger partial charge in [-0.05, 0) is 12.0 Å². The molecule has 0 aromatic heterocycles. The van der Waals surface area contributed by atoms with Gasteiger partial charge in [0.1, 0.15) is 5.82 Å². The standard InChI is InChI=1S/C12H13ClF2N2O3/c1-6(2)9(5-13)16-12(18)8-3-7(14)4-10(11(8)15)17(19)20/h3-4,6,9H,5H2,1-2H3,(H,16,18). The molecule has 110 valence electrons. The number of amides is 1. The Bertz CT molecular complexity index is 538. The number of rotatable bonds is 5. The Morgan fingerprint density at radius 3 is 2.50 bits per heavy atom. The molecule has 1 aromatic rings. The molecule has 0 fully saturated rings. The highest BCUT2D eigenvalue weighted by Gasteiger charge is 2.26. The van der Waals surface area contributed by atoms with E-state index in [0.717, 1.165) is 0 Å². The van der Waals surface area contributed by atoms with Crippen LogP contribution in [0, 0.1) is 27.7 Å². The maximum atomic E-state index is 13.8. The molecule has 1 N–H and O–H groups in total. The minimum absolute atomic E-state index is 0.0249. The molecule has 1 unspecified atom stereocenters. The average Bonchev–Trinajstić information content (AvgIpc) is 2.37. The predicted octanol–water partition coefficient (Wildman–Crippen LogP) is 2.87. The van der Waals surface area contributed by atoms with Crippen molar-refractivity contribution in [3.63, 3.8) is 0 Å². The first kappa shape index (κ1) is 16.3. The van der Waals surface area contributed by atoms with Gasteiger partial charge in [-0.15, -0.1) is 11.6 Å². The van der Waals surface area contributed by atoms with Gasteiger partial charge in [0.15, 0.2) is 0 Å². The van der Waals surface area contributed by atoms with Gasteiger partial charge in [0, 0.05) is 11.9 Å². The summed E-state index contributed by atoms with van der Waals surface area (Å²) in [7, 11) is 0. The summed E-state index contributed by atoms with van der Waals surface area (Å²) < 4.78 is 27.0. The third-order valence-electron chi connectivity index (χ3n) is 2.75. The molecular formula is C12H13ClF2N2O3. The van der Waals surface area contributed by atoms with Gasteiger partial charge in [-0.2, -0.15) is 4.39 Å². The van der Waals surface area contributed by atoms with E-state index in [4.69, 9.17) is 11.6 Å². The summed E-state index contributed by atoms with van der Waals surface area (Å²) >= 11 is 5.66. The molecule has 5 nitrogen and oxygen atoms in total. The maximum absolute atomic E-state index is 13.8. The molecule has 1 aromatic carbocycles. The highest BCUT2D eigenvalue weighted by Crippen LogP contribution is 2.22. The Kier molecular flexibility index (Phi) is 5.38. The van der Waals surface area contributed by atoms with Crippen molar-refractivity contribution >= 4 is 23.2 Å². The van der Waals surface area contributed by atoms with Gasteiger partial charge in [-0.25, -0.2) is 4.39 Å². The Balaban J connectivity index is 3.13. The van der Waals surface area contributed by atoms with Crippen LogP contribution < -0.4 is 5.32 Å². The van der Waals surface area contributed by atoms with E-state index in [1.165, 1.54) is 0 Å². The lowest BCUT2D eigenvalue weighted by molar-refractivity contribution is -0.387. The van der Waals surface area contributed by atoms with Crippen molar-refractivity contribution in [2.45, 2.75) is 19.9 Å². The van der Waals surface area contributed by atoms with Crippen LogP contribution >= 0.6 is 11.6 Å². The van der Waals surface area contributed by atoms with Crippen LogP contribution in [0.25, 0.3) is 0 Å². The van der Waals surface area contributed by atoms with Crippen LogP contribution in [0.5, 0.6) is 0 Å². The van der Waals surface area contributed by atoms with Gasteiger partial charge in [0.25, 0.3) is 5.91 Å². The summed E-state index contributed by atoms with van der Waals surface area (Å²) in [6.07, 6.45) is 0. The van der Waals surface area contributed by atoms with Gasteiger partial charge in [0.05, 0.1) is 16.6 Å². The van der Waals surface area contributed by atoms with Crippen LogP contribution in [0.4, 0.5) is 14.5 Å². The van der Waals surface area contributed by atoms with Gasteiger partial charge >= 0.3 is 5.69 Å². The van der Waals surface area contributed by atoms with Crippen LogP contribution in [-0.2, 0) is 0 Å². The van der Waals surface area contributed by atoms with Crippen molar-refractivity contribution in [3.05, 3.63) is 39.4 Å². The van der Waals surface area contributed by atoms with Crippen LogP contribution in [0.15, 0.2) is 12.1 Å². The Labute approximate surface area is 119 Å². The number of carbonyl (C=O) groups is 1. The summed E-state index contributed by atoms with van der Waals surface area (Å²) in [5.41, 5.74) is -1.80. The predicted molar refractivity (Wildman–Crippen MR) is 69.8 cm³/mol. The molecule has 0 heterocycles. The number of nitrogens with one attached hydrogen (secondary N) is 1. The largest absolute Gasteiger partial charge is 0.348 e. The molecule has 1 rings (SSSR count). The molecule has 0 saturated carbocycles. The number of nitro groups is 1. The Hall–Kier alpha value is -1.76. The smallest absolute Gasteiger partial charge is 0.308 e. The zero-order chi connectivity index (χ0) is 15.4. The lowest BCUT2D eigenvalue weighted by Gasteiger charge is -2.19. The molecule has 0 aliphatic rings. The van der Waals surface area contributed by atoms with Crippen molar-refractivity contribution < 1.29 is 18.5 Å². The minimum Gasteiger partial charge on any atom is -0.348 e. The molecule has 0 spiro atoms. The molecule has 0 aliphatic carbocycles. The van der Waals surface area contributed by atoms with Crippen LogP contribution in [0.2, 0.25) is 0 Å². The van der Waals surface area contributed by atoms with E-state index in [0.29, 0.717) is 12.1 Å². The van der Waals surface area contributed by atoms with Crippen LogP contribution in [0.1, 0.15) is 24.2 Å². The molecular weight excluding hydrogens is 294 g/mol. The number of carbonyl (C=O) groups excluding carboxylic acids is 1. The summed E-state index contributed by atoms with van der Waals surface area (Å²) in [5.74, 6) is -3.31. The third kappa shape index (κ3) is 3.63. The first-order valence-corrected chi connectivity index (χ1v) is 6.31. The van der Waals surface area contributed by atoms with E-state index in [-0.39, 0.29) is 11.8 Å². The van der Waals surface area contributed by atoms with Gasteiger partial charge in [-0.1, -0.05) is 13.8 Å². The van der Waals surface area contributed by atoms with Crippen LogP contribution in [-0.4, -0.2) is 22.8 Å². The summed E-state index contributed by atoms with van der Waals surface area (Å²) in [4.78, 5) is 21.4. The second-order valence-corrected chi connectivity index (χ2v) is 4.83. The molecule has 0 saturated heterocycles. The van der Waals surface area contributed by atoms with Gasteiger partial charge in [-0.3, -0.25) is 14.9 Å². The second kappa shape index (κ2) is 6.60. The average molecular weight is 307 g/mol. The van der Waals surface area contributed by atoms with E-state index < -0.39 is 39.8 Å². The van der Waals surface area contributed by atoms with Gasteiger partial charge < -0.3 is 5.32 Å². The van der Waals surface area contributed by atoms with Crippen molar-refractivity contribution in [1.82, 2.24) is 5.32 Å². The van der Waals surface area contributed by atoms with E-state index in [9.17, 15) is 23.7 Å². The molecule has 0 aliphatic heterocycles. The molecule has 20 heavy (non-hydrogen) atoms. The number of halogens is 3. The topological polar surface area (TPSA) is 72.2 Å². The number of nitrogens with zero attached hydrogens (tertiary/aromatic N) is 1. The first-order chi connectivity index (χ1) is 9.27. The van der Waals surface area contributed by atoms with E-state index in [1.807, 2.05) is 0 Å². The van der Waals surface area contributed by atoms with Crippen molar-refractivity contribution in [2.75, 3.05) is 5.88 Å². The summed E-state index contributed by atoms with van der Waals surface area (Å²) in [6, 6.07) is 0.586. The minimum atomic E-state index is -1.37. The fourth-order valence-electron chi connectivity index (χ4n) is 1.50. The zero-order valence-corrected chi connectivity index (χ0v) is 11.6. The number of hydrogen-bond donors (Lipinski definition) is 1.